The molecule has 1 aliphatic heterocycles. The summed E-state index contributed by atoms with van der Waals surface area (Å²) in [5.74, 6) is -0.289. The topological polar surface area (TPSA) is 66.8 Å². The van der Waals surface area contributed by atoms with Gasteiger partial charge in [0.05, 0.1) is 17.6 Å². The summed E-state index contributed by atoms with van der Waals surface area (Å²) in [6.45, 7) is 6.61. The average Bonchev–Trinajstić information content (AvgIpc) is 2.60. The van der Waals surface area contributed by atoms with Crippen LogP contribution >= 0.6 is 0 Å². The van der Waals surface area contributed by atoms with Crippen LogP contribution in [0.15, 0.2) is 23.8 Å². The minimum Gasteiger partial charge on any atom is -0.461 e. The lowest BCUT2D eigenvalue weighted by atomic mass is 9.62. The second-order valence-electron chi connectivity index (χ2n) is 8.59. The Bertz CT molecular complexity index is 564. The number of ether oxygens (including phenoxy) is 1. The molecule has 0 radical (unpaired) electrons. The summed E-state index contributed by atoms with van der Waals surface area (Å²) >= 11 is 0. The third-order valence-corrected chi connectivity index (χ3v) is 6.29. The maximum Gasteiger partial charge on any atom is 0.312 e. The fourth-order valence-corrected chi connectivity index (χ4v) is 4.89. The lowest BCUT2D eigenvalue weighted by molar-refractivity contribution is -0.176. The molecular formula is C20H30O4. The van der Waals surface area contributed by atoms with Gasteiger partial charge in [0.25, 0.3) is 0 Å². The third kappa shape index (κ3) is 3.06. The molecule has 0 spiro atoms. The van der Waals surface area contributed by atoms with Crippen LogP contribution in [0.2, 0.25) is 0 Å². The Morgan fingerprint density at radius 3 is 2.75 bits per heavy atom. The van der Waals surface area contributed by atoms with E-state index < -0.39 is 17.6 Å². The normalized spacial score (nSPS) is 44.5. The molecule has 24 heavy (non-hydrogen) atoms. The maximum absolute atomic E-state index is 12.5. The van der Waals surface area contributed by atoms with E-state index in [0.29, 0.717) is 31.8 Å². The van der Waals surface area contributed by atoms with Gasteiger partial charge in [-0.2, -0.15) is 0 Å². The minimum absolute atomic E-state index is 0.0141. The van der Waals surface area contributed by atoms with E-state index in [-0.39, 0.29) is 17.3 Å². The van der Waals surface area contributed by atoms with Crippen molar-refractivity contribution < 1.29 is 19.7 Å². The fourth-order valence-electron chi connectivity index (χ4n) is 4.89. The molecule has 0 aromatic carbocycles. The molecule has 134 valence electrons. The van der Waals surface area contributed by atoms with E-state index in [0.717, 1.165) is 18.4 Å². The number of esters is 1. The van der Waals surface area contributed by atoms with Gasteiger partial charge in [0.15, 0.2) is 0 Å². The molecule has 3 fully saturated rings. The number of cyclic esters (lactones) is 1. The highest BCUT2D eigenvalue weighted by Crippen LogP contribution is 2.55. The molecule has 4 heteroatoms. The highest BCUT2D eigenvalue weighted by molar-refractivity contribution is 5.76. The van der Waals surface area contributed by atoms with E-state index >= 15 is 0 Å². The Balaban J connectivity index is 1.95. The molecule has 2 N–H and O–H groups in total. The molecule has 2 aliphatic carbocycles. The second-order valence-corrected chi connectivity index (χ2v) is 8.59. The predicted octanol–water partition coefficient (Wildman–Crippen LogP) is 2.99. The predicted molar refractivity (Wildman–Crippen MR) is 92.1 cm³/mol. The van der Waals surface area contributed by atoms with Crippen LogP contribution in [0.4, 0.5) is 0 Å². The van der Waals surface area contributed by atoms with Crippen LogP contribution in [0.25, 0.3) is 0 Å². The standard InChI is InChI=1S/C20H30O4/c1-13(2)5-4-6-14-11-24-18(22)17-15(14)7-9-19(3)12-20(17,23)10-8-16(19)21/h4-6,13,15-17,21,23H,7-12H2,1-3H3/b5-4+,14-6-/t15-,16+,17+,19+,20-/m1/s1. The van der Waals surface area contributed by atoms with Gasteiger partial charge in [-0.05, 0) is 54.9 Å². The summed E-state index contributed by atoms with van der Waals surface area (Å²) in [7, 11) is 0. The molecule has 1 heterocycles. The Kier molecular flexibility index (Phi) is 4.65. The zero-order valence-electron chi connectivity index (χ0n) is 15.0. The highest BCUT2D eigenvalue weighted by atomic mass is 16.5. The smallest absolute Gasteiger partial charge is 0.312 e. The van der Waals surface area contributed by atoms with Crippen LogP contribution in [-0.4, -0.2) is 34.5 Å². The molecule has 3 aliphatic rings. The largest absolute Gasteiger partial charge is 0.461 e. The summed E-state index contributed by atoms with van der Waals surface area (Å²) in [4.78, 5) is 12.5. The van der Waals surface area contributed by atoms with Gasteiger partial charge in [0.2, 0.25) is 0 Å². The number of carbonyl (C=O) groups is 1. The van der Waals surface area contributed by atoms with Crippen molar-refractivity contribution in [1.82, 2.24) is 0 Å². The molecule has 0 amide bonds. The molecule has 0 aromatic heterocycles. The number of hydrogen-bond donors (Lipinski definition) is 2. The molecule has 4 nitrogen and oxygen atoms in total. The fraction of sp³-hybridized carbons (Fsp3) is 0.750. The summed E-state index contributed by atoms with van der Waals surface area (Å²) in [5, 5.41) is 21.7. The van der Waals surface area contributed by atoms with Crippen molar-refractivity contribution in [1.29, 1.82) is 0 Å². The minimum atomic E-state index is -1.06. The van der Waals surface area contributed by atoms with Crippen LogP contribution in [0.1, 0.15) is 52.9 Å². The van der Waals surface area contributed by atoms with Gasteiger partial charge in [0.1, 0.15) is 6.61 Å². The van der Waals surface area contributed by atoms with E-state index in [1.165, 1.54) is 0 Å². The number of aliphatic hydroxyl groups excluding tert-OH is 1. The maximum atomic E-state index is 12.5. The van der Waals surface area contributed by atoms with Gasteiger partial charge < -0.3 is 14.9 Å². The van der Waals surface area contributed by atoms with E-state index in [4.69, 9.17) is 4.74 Å². The number of fused-ring (bicyclic) bond motifs is 4. The van der Waals surface area contributed by atoms with Gasteiger partial charge in [0, 0.05) is 0 Å². The molecule has 3 rings (SSSR count). The molecule has 0 aromatic rings. The zero-order valence-corrected chi connectivity index (χ0v) is 15.0. The zero-order chi connectivity index (χ0) is 17.5. The summed E-state index contributed by atoms with van der Waals surface area (Å²) in [5.41, 5.74) is -0.285. The number of allylic oxidation sites excluding steroid dienone is 3. The summed E-state index contributed by atoms with van der Waals surface area (Å²) < 4.78 is 5.43. The first-order valence-corrected chi connectivity index (χ1v) is 9.19. The van der Waals surface area contributed by atoms with Crippen molar-refractivity contribution in [3.05, 3.63) is 23.8 Å². The van der Waals surface area contributed by atoms with Gasteiger partial charge in [-0.25, -0.2) is 0 Å². The van der Waals surface area contributed by atoms with E-state index in [2.05, 4.69) is 26.0 Å². The molecule has 2 saturated carbocycles. The summed E-state index contributed by atoms with van der Waals surface area (Å²) in [6.07, 6.45) is 8.95. The van der Waals surface area contributed by atoms with Crippen molar-refractivity contribution >= 4 is 5.97 Å². The molecule has 0 unspecified atom stereocenters. The van der Waals surface area contributed by atoms with Crippen LogP contribution in [0.5, 0.6) is 0 Å². The molecule has 2 bridgehead atoms. The van der Waals surface area contributed by atoms with Gasteiger partial charge in [-0.1, -0.05) is 39.0 Å². The molecule has 1 saturated heterocycles. The van der Waals surface area contributed by atoms with Crippen molar-refractivity contribution in [3.8, 4) is 0 Å². The number of hydrogen-bond acceptors (Lipinski definition) is 4. The van der Waals surface area contributed by atoms with Crippen LogP contribution in [0, 0.1) is 23.2 Å². The average molecular weight is 334 g/mol. The van der Waals surface area contributed by atoms with E-state index in [1.54, 1.807) is 0 Å². The van der Waals surface area contributed by atoms with Gasteiger partial charge in [-0.3, -0.25) is 4.79 Å². The Morgan fingerprint density at radius 1 is 1.29 bits per heavy atom. The first-order chi connectivity index (χ1) is 11.3. The van der Waals surface area contributed by atoms with Crippen LogP contribution in [-0.2, 0) is 9.53 Å². The van der Waals surface area contributed by atoms with E-state index in [1.807, 2.05) is 13.0 Å². The van der Waals surface area contributed by atoms with Gasteiger partial charge >= 0.3 is 5.97 Å². The third-order valence-electron chi connectivity index (χ3n) is 6.29. The van der Waals surface area contributed by atoms with Crippen molar-refractivity contribution in [2.75, 3.05) is 6.61 Å². The van der Waals surface area contributed by atoms with Gasteiger partial charge in [-0.15, -0.1) is 0 Å². The lowest BCUT2D eigenvalue weighted by Gasteiger charge is -2.48. The van der Waals surface area contributed by atoms with Crippen LogP contribution < -0.4 is 0 Å². The van der Waals surface area contributed by atoms with Crippen molar-refractivity contribution in [2.45, 2.75) is 64.6 Å². The Hall–Kier alpha value is -1.13. The van der Waals surface area contributed by atoms with Crippen LogP contribution in [0.3, 0.4) is 0 Å². The first-order valence-electron chi connectivity index (χ1n) is 9.19. The Morgan fingerprint density at radius 2 is 2.04 bits per heavy atom. The Labute approximate surface area is 144 Å². The van der Waals surface area contributed by atoms with Crippen molar-refractivity contribution in [2.24, 2.45) is 23.2 Å². The number of carbonyl (C=O) groups excluding carboxylic acids is 1. The quantitative estimate of drug-likeness (QED) is 0.762. The SMILES string of the molecule is CC(C)/C=C/C=C1/COC(=O)[C@@H]2[C@@H]1CC[C@@]1(C)C[C@]2(O)CC[C@@H]1O. The first kappa shape index (κ1) is 17.7. The van der Waals surface area contributed by atoms with E-state index in [9.17, 15) is 15.0 Å². The lowest BCUT2D eigenvalue weighted by Crippen LogP contribution is -2.54. The second kappa shape index (κ2) is 6.30. The number of aliphatic hydroxyl groups is 2. The summed E-state index contributed by atoms with van der Waals surface area (Å²) in [6, 6.07) is 0. The van der Waals surface area contributed by atoms with Crippen molar-refractivity contribution in [3.63, 3.8) is 0 Å². The molecular weight excluding hydrogens is 304 g/mol. The molecule has 5 atom stereocenters. The monoisotopic (exact) mass is 334 g/mol. The number of rotatable bonds is 2. The highest BCUT2D eigenvalue weighted by Gasteiger charge is 2.58.